The number of hydrogen-bond donors (Lipinski definition) is 2. The molecule has 0 amide bonds. The van der Waals surface area contributed by atoms with Crippen molar-refractivity contribution in [3.8, 4) is 5.75 Å². The summed E-state index contributed by atoms with van der Waals surface area (Å²) < 4.78 is 5.61. The average Bonchev–Trinajstić information content (AvgIpc) is 2.21. The number of anilines is 1. The van der Waals surface area contributed by atoms with Gasteiger partial charge < -0.3 is 15.6 Å². The molecule has 0 saturated heterocycles. The van der Waals surface area contributed by atoms with E-state index in [0.29, 0.717) is 12.3 Å². The molecule has 1 aromatic carbocycles. The highest BCUT2D eigenvalue weighted by molar-refractivity contribution is 5.56. The van der Waals surface area contributed by atoms with Gasteiger partial charge in [0.1, 0.15) is 5.75 Å². The van der Waals surface area contributed by atoms with Gasteiger partial charge in [0, 0.05) is 6.61 Å². The predicted molar refractivity (Wildman–Crippen MR) is 62.0 cm³/mol. The predicted octanol–water partition coefficient (Wildman–Crippen LogP) is 2.12. The van der Waals surface area contributed by atoms with Gasteiger partial charge in [-0.3, -0.25) is 0 Å². The van der Waals surface area contributed by atoms with Crippen LogP contribution in [0.3, 0.4) is 0 Å². The zero-order valence-corrected chi connectivity index (χ0v) is 9.20. The number of rotatable bonds is 6. The summed E-state index contributed by atoms with van der Waals surface area (Å²) in [7, 11) is 0. The topological polar surface area (TPSA) is 55.5 Å². The number of aryl methyl sites for hydroxylation is 1. The highest BCUT2D eigenvalue weighted by Crippen LogP contribution is 2.25. The smallest absolute Gasteiger partial charge is 0.145 e. The molecule has 3 heteroatoms. The van der Waals surface area contributed by atoms with Crippen LogP contribution >= 0.6 is 0 Å². The number of nitrogen functional groups attached to an aromatic ring is 1. The molecule has 0 fully saturated rings. The van der Waals surface area contributed by atoms with Gasteiger partial charge in [-0.1, -0.05) is 12.1 Å². The molecule has 0 saturated carbocycles. The van der Waals surface area contributed by atoms with Gasteiger partial charge in [-0.05, 0) is 37.8 Å². The number of unbranched alkanes of at least 4 members (excludes halogenated alkanes) is 2. The van der Waals surface area contributed by atoms with Crippen molar-refractivity contribution < 1.29 is 9.84 Å². The molecule has 1 rings (SSSR count). The summed E-state index contributed by atoms with van der Waals surface area (Å²) in [6.45, 7) is 2.90. The zero-order valence-electron chi connectivity index (χ0n) is 9.20. The number of para-hydroxylation sites is 1. The summed E-state index contributed by atoms with van der Waals surface area (Å²) in [6.07, 6.45) is 2.78. The molecule has 1 aromatic rings. The van der Waals surface area contributed by atoms with Gasteiger partial charge in [0.25, 0.3) is 0 Å². The number of aliphatic hydroxyl groups excluding tert-OH is 1. The molecule has 0 bridgehead atoms. The molecule has 0 spiro atoms. The molecule has 0 aliphatic rings. The molecule has 3 nitrogen and oxygen atoms in total. The van der Waals surface area contributed by atoms with Crippen molar-refractivity contribution in [2.45, 2.75) is 26.2 Å². The van der Waals surface area contributed by atoms with Crippen LogP contribution in [-0.4, -0.2) is 18.3 Å². The van der Waals surface area contributed by atoms with E-state index < -0.39 is 0 Å². The maximum atomic E-state index is 8.61. The number of aliphatic hydroxyl groups is 1. The second-order valence-corrected chi connectivity index (χ2v) is 3.63. The summed E-state index contributed by atoms with van der Waals surface area (Å²) in [5, 5.41) is 8.61. The Morgan fingerprint density at radius 3 is 2.73 bits per heavy atom. The number of ether oxygens (including phenoxy) is 1. The SMILES string of the molecule is Cc1cccc(N)c1OCCCCCO. The second-order valence-electron chi connectivity index (χ2n) is 3.63. The lowest BCUT2D eigenvalue weighted by Crippen LogP contribution is -2.02. The van der Waals surface area contributed by atoms with Crippen molar-refractivity contribution in [1.29, 1.82) is 0 Å². The van der Waals surface area contributed by atoms with Crippen molar-refractivity contribution in [2.24, 2.45) is 0 Å². The van der Waals surface area contributed by atoms with E-state index in [0.717, 1.165) is 30.6 Å². The summed E-state index contributed by atoms with van der Waals surface area (Å²) in [5.41, 5.74) is 7.56. The molecule has 0 atom stereocenters. The van der Waals surface area contributed by atoms with Crippen molar-refractivity contribution in [2.75, 3.05) is 18.9 Å². The minimum absolute atomic E-state index is 0.256. The summed E-state index contributed by atoms with van der Waals surface area (Å²) in [4.78, 5) is 0. The Balaban J connectivity index is 2.37. The van der Waals surface area contributed by atoms with Crippen molar-refractivity contribution >= 4 is 5.69 Å². The lowest BCUT2D eigenvalue weighted by atomic mass is 10.2. The summed E-state index contributed by atoms with van der Waals surface area (Å²) in [6, 6.07) is 5.75. The molecular weight excluding hydrogens is 190 g/mol. The van der Waals surface area contributed by atoms with E-state index in [-0.39, 0.29) is 6.61 Å². The molecular formula is C12H19NO2. The second kappa shape index (κ2) is 6.30. The Hall–Kier alpha value is -1.22. The van der Waals surface area contributed by atoms with E-state index in [4.69, 9.17) is 15.6 Å². The van der Waals surface area contributed by atoms with E-state index in [1.54, 1.807) is 0 Å². The van der Waals surface area contributed by atoms with Crippen LogP contribution < -0.4 is 10.5 Å². The van der Waals surface area contributed by atoms with Crippen LogP contribution in [0.25, 0.3) is 0 Å². The largest absolute Gasteiger partial charge is 0.491 e. The van der Waals surface area contributed by atoms with E-state index in [9.17, 15) is 0 Å². The first-order chi connectivity index (χ1) is 7.25. The van der Waals surface area contributed by atoms with Gasteiger partial charge in [-0.25, -0.2) is 0 Å². The Labute approximate surface area is 90.9 Å². The van der Waals surface area contributed by atoms with E-state index in [2.05, 4.69) is 0 Å². The lowest BCUT2D eigenvalue weighted by Gasteiger charge is -2.11. The monoisotopic (exact) mass is 209 g/mol. The number of nitrogens with two attached hydrogens (primary N) is 1. The molecule has 0 unspecified atom stereocenters. The van der Waals surface area contributed by atoms with Gasteiger partial charge in [0.05, 0.1) is 12.3 Å². The third-order valence-electron chi connectivity index (χ3n) is 2.29. The van der Waals surface area contributed by atoms with Crippen molar-refractivity contribution in [3.05, 3.63) is 23.8 Å². The molecule has 0 aromatic heterocycles. The Kier molecular flexibility index (Phi) is 4.98. The molecule has 15 heavy (non-hydrogen) atoms. The van der Waals surface area contributed by atoms with Crippen LogP contribution in [-0.2, 0) is 0 Å². The summed E-state index contributed by atoms with van der Waals surface area (Å²) >= 11 is 0. The molecule has 84 valence electrons. The Morgan fingerprint density at radius 2 is 2.07 bits per heavy atom. The fourth-order valence-electron chi connectivity index (χ4n) is 1.44. The quantitative estimate of drug-likeness (QED) is 0.557. The third kappa shape index (κ3) is 3.80. The fourth-order valence-corrected chi connectivity index (χ4v) is 1.44. The number of benzene rings is 1. The van der Waals surface area contributed by atoms with Crippen LogP contribution in [0, 0.1) is 6.92 Å². The fraction of sp³-hybridized carbons (Fsp3) is 0.500. The molecule has 0 radical (unpaired) electrons. The Bertz CT molecular complexity index is 279. The normalized spacial score (nSPS) is 10.3. The molecule has 0 aliphatic heterocycles. The Morgan fingerprint density at radius 1 is 1.27 bits per heavy atom. The lowest BCUT2D eigenvalue weighted by molar-refractivity contribution is 0.266. The minimum Gasteiger partial charge on any atom is -0.491 e. The third-order valence-corrected chi connectivity index (χ3v) is 2.29. The summed E-state index contributed by atoms with van der Waals surface area (Å²) in [5.74, 6) is 0.793. The van der Waals surface area contributed by atoms with Crippen LogP contribution in [0.2, 0.25) is 0 Å². The van der Waals surface area contributed by atoms with Crippen molar-refractivity contribution in [3.63, 3.8) is 0 Å². The van der Waals surface area contributed by atoms with Gasteiger partial charge in [-0.15, -0.1) is 0 Å². The minimum atomic E-state index is 0.256. The molecule has 0 aliphatic carbocycles. The van der Waals surface area contributed by atoms with Gasteiger partial charge in [0.15, 0.2) is 0 Å². The maximum absolute atomic E-state index is 8.61. The van der Waals surface area contributed by atoms with Gasteiger partial charge in [0.2, 0.25) is 0 Å². The highest BCUT2D eigenvalue weighted by Gasteiger charge is 2.02. The van der Waals surface area contributed by atoms with E-state index in [1.165, 1.54) is 0 Å². The van der Waals surface area contributed by atoms with Gasteiger partial charge >= 0.3 is 0 Å². The standard InChI is InChI=1S/C12H19NO2/c1-10-6-5-7-11(13)12(10)15-9-4-2-3-8-14/h5-7,14H,2-4,8-9,13H2,1H3. The first-order valence-electron chi connectivity index (χ1n) is 5.34. The van der Waals surface area contributed by atoms with E-state index in [1.807, 2.05) is 25.1 Å². The van der Waals surface area contributed by atoms with Crippen LogP contribution in [0.1, 0.15) is 24.8 Å². The van der Waals surface area contributed by atoms with E-state index >= 15 is 0 Å². The highest BCUT2D eigenvalue weighted by atomic mass is 16.5. The molecule has 0 heterocycles. The molecule has 3 N–H and O–H groups in total. The first kappa shape index (κ1) is 11.9. The van der Waals surface area contributed by atoms with Crippen LogP contribution in [0.5, 0.6) is 5.75 Å². The van der Waals surface area contributed by atoms with Crippen LogP contribution in [0.4, 0.5) is 5.69 Å². The number of hydrogen-bond acceptors (Lipinski definition) is 3. The average molecular weight is 209 g/mol. The van der Waals surface area contributed by atoms with Crippen molar-refractivity contribution in [1.82, 2.24) is 0 Å². The first-order valence-corrected chi connectivity index (χ1v) is 5.34. The van der Waals surface area contributed by atoms with Gasteiger partial charge in [-0.2, -0.15) is 0 Å². The zero-order chi connectivity index (χ0) is 11.1. The van der Waals surface area contributed by atoms with Crippen LogP contribution in [0.15, 0.2) is 18.2 Å². The maximum Gasteiger partial charge on any atom is 0.145 e.